The van der Waals surface area contributed by atoms with E-state index in [1.165, 1.54) is 44.9 Å². The van der Waals surface area contributed by atoms with Crippen molar-refractivity contribution in [3.05, 3.63) is 22.8 Å². The highest BCUT2D eigenvalue weighted by atomic mass is 14.5. The van der Waals surface area contributed by atoms with E-state index in [2.05, 4.69) is 40.7 Å². The van der Waals surface area contributed by atoms with Gasteiger partial charge in [-0.25, -0.2) is 0 Å². The molecule has 112 valence electrons. The predicted molar refractivity (Wildman–Crippen MR) is 87.6 cm³/mol. The molecule has 2 atom stereocenters. The summed E-state index contributed by atoms with van der Waals surface area (Å²) in [5.41, 5.74) is 6.43. The molecule has 0 heterocycles. The van der Waals surface area contributed by atoms with Crippen LogP contribution in [0.15, 0.2) is 22.8 Å². The van der Waals surface area contributed by atoms with Gasteiger partial charge in [-0.1, -0.05) is 63.8 Å². The van der Waals surface area contributed by atoms with Crippen LogP contribution in [0.3, 0.4) is 0 Å². The highest BCUT2D eigenvalue weighted by Gasteiger charge is 2.50. The van der Waals surface area contributed by atoms with Gasteiger partial charge in [0.05, 0.1) is 0 Å². The van der Waals surface area contributed by atoms with E-state index in [0.29, 0.717) is 10.8 Å². The summed E-state index contributed by atoms with van der Waals surface area (Å²) in [4.78, 5) is 0. The lowest BCUT2D eigenvalue weighted by molar-refractivity contribution is 0.0106. The second kappa shape index (κ2) is 4.75. The van der Waals surface area contributed by atoms with E-state index in [-0.39, 0.29) is 0 Å². The third-order valence-corrected chi connectivity index (χ3v) is 6.81. The largest absolute Gasteiger partial charge is 0.0807 e. The summed E-state index contributed by atoms with van der Waals surface area (Å²) in [7, 11) is 0. The van der Waals surface area contributed by atoms with Crippen LogP contribution in [0.4, 0.5) is 0 Å². The van der Waals surface area contributed by atoms with Gasteiger partial charge in [0, 0.05) is 0 Å². The zero-order valence-electron chi connectivity index (χ0n) is 14.2. The molecule has 20 heavy (non-hydrogen) atoms. The van der Waals surface area contributed by atoms with Crippen molar-refractivity contribution in [2.45, 2.75) is 79.6 Å². The molecule has 1 fully saturated rings. The van der Waals surface area contributed by atoms with E-state index < -0.39 is 0 Å². The Hall–Kier alpha value is -0.520. The van der Waals surface area contributed by atoms with Crippen LogP contribution in [-0.2, 0) is 0 Å². The molecular weight excluding hydrogens is 240 g/mol. The van der Waals surface area contributed by atoms with E-state index in [0.717, 1.165) is 11.8 Å². The third kappa shape index (κ3) is 2.11. The number of hydrogen-bond donors (Lipinski definition) is 0. The van der Waals surface area contributed by atoms with E-state index >= 15 is 0 Å². The first-order valence-corrected chi connectivity index (χ1v) is 8.75. The van der Waals surface area contributed by atoms with Crippen LogP contribution < -0.4 is 0 Å². The molecule has 0 saturated heterocycles. The lowest BCUT2D eigenvalue weighted by atomic mass is 9.49. The zero-order valence-corrected chi connectivity index (χ0v) is 14.2. The molecule has 0 aromatic heterocycles. The Kier molecular flexibility index (Phi) is 3.42. The average molecular weight is 272 g/mol. The molecule has 3 aliphatic rings. The first-order chi connectivity index (χ1) is 9.34. The molecular formula is C20H32. The fourth-order valence-corrected chi connectivity index (χ4v) is 5.63. The Morgan fingerprint density at radius 3 is 2.60 bits per heavy atom. The Labute approximate surface area is 125 Å². The van der Waals surface area contributed by atoms with Gasteiger partial charge in [-0.05, 0) is 61.2 Å². The lowest BCUT2D eigenvalue weighted by Crippen LogP contribution is -2.46. The maximum Gasteiger partial charge on any atom is -0.00770 e. The second-order valence-electron chi connectivity index (χ2n) is 8.75. The van der Waals surface area contributed by atoms with Gasteiger partial charge in [0.2, 0.25) is 0 Å². The molecule has 0 N–H and O–H groups in total. The normalized spacial score (nSPS) is 36.5. The first kappa shape index (κ1) is 14.4. The van der Waals surface area contributed by atoms with Crippen LogP contribution in [0.1, 0.15) is 79.6 Å². The van der Waals surface area contributed by atoms with Crippen molar-refractivity contribution < 1.29 is 0 Å². The van der Waals surface area contributed by atoms with Gasteiger partial charge in [0.25, 0.3) is 0 Å². The van der Waals surface area contributed by atoms with Crippen LogP contribution in [0.5, 0.6) is 0 Å². The molecule has 3 rings (SSSR count). The molecule has 3 aliphatic carbocycles. The number of fused-ring (bicyclic) bond motifs is 2. The minimum Gasteiger partial charge on any atom is -0.0807 e. The van der Waals surface area contributed by atoms with Gasteiger partial charge < -0.3 is 0 Å². The van der Waals surface area contributed by atoms with Gasteiger partial charge >= 0.3 is 0 Å². The molecule has 0 aliphatic heterocycles. The van der Waals surface area contributed by atoms with Crippen LogP contribution >= 0.6 is 0 Å². The molecule has 0 aromatic carbocycles. The van der Waals surface area contributed by atoms with Crippen molar-refractivity contribution in [2.24, 2.45) is 22.7 Å². The predicted octanol–water partition coefficient (Wildman–Crippen LogP) is 6.29. The molecule has 1 saturated carbocycles. The molecule has 0 spiro atoms. The summed E-state index contributed by atoms with van der Waals surface area (Å²) in [6.45, 7) is 12.4. The summed E-state index contributed by atoms with van der Waals surface area (Å²) in [5.74, 6) is 1.65. The van der Waals surface area contributed by atoms with E-state index in [1.807, 2.05) is 11.1 Å². The summed E-state index contributed by atoms with van der Waals surface area (Å²) >= 11 is 0. The van der Waals surface area contributed by atoms with E-state index in [4.69, 9.17) is 0 Å². The molecule has 0 heteroatoms. The van der Waals surface area contributed by atoms with E-state index in [1.54, 1.807) is 5.57 Å². The zero-order chi connectivity index (χ0) is 14.5. The highest BCUT2D eigenvalue weighted by molar-refractivity contribution is 5.37. The van der Waals surface area contributed by atoms with Crippen LogP contribution in [0, 0.1) is 22.7 Å². The monoisotopic (exact) mass is 272 g/mol. The Bertz CT molecular complexity index is 460. The molecule has 0 nitrogen and oxygen atoms in total. The maximum absolute atomic E-state index is 2.60. The first-order valence-electron chi connectivity index (χ1n) is 8.75. The lowest BCUT2D eigenvalue weighted by Gasteiger charge is -2.56. The Morgan fingerprint density at radius 2 is 1.90 bits per heavy atom. The maximum atomic E-state index is 2.60. The fraction of sp³-hybridized carbons (Fsp3) is 0.800. The molecule has 0 aromatic rings. The van der Waals surface area contributed by atoms with Gasteiger partial charge in [0.1, 0.15) is 0 Å². The van der Waals surface area contributed by atoms with Crippen molar-refractivity contribution in [1.82, 2.24) is 0 Å². The van der Waals surface area contributed by atoms with Crippen molar-refractivity contribution >= 4 is 0 Å². The summed E-state index contributed by atoms with van der Waals surface area (Å²) in [6.07, 6.45) is 12.2. The van der Waals surface area contributed by atoms with Crippen LogP contribution in [0.25, 0.3) is 0 Å². The summed E-state index contributed by atoms with van der Waals surface area (Å²) < 4.78 is 0. The Morgan fingerprint density at radius 1 is 1.15 bits per heavy atom. The van der Waals surface area contributed by atoms with Crippen molar-refractivity contribution in [1.29, 1.82) is 0 Å². The van der Waals surface area contributed by atoms with Gasteiger partial charge in [-0.3, -0.25) is 0 Å². The van der Waals surface area contributed by atoms with Crippen molar-refractivity contribution in [3.8, 4) is 0 Å². The SMILES string of the molecule is CC(C)C1=CCC2=C(CC[C@@H]3C(C)(C)CCC[C@@]23C)C1. The second-order valence-corrected chi connectivity index (χ2v) is 8.75. The quantitative estimate of drug-likeness (QED) is 0.492. The van der Waals surface area contributed by atoms with Crippen molar-refractivity contribution in [3.63, 3.8) is 0 Å². The molecule has 0 unspecified atom stereocenters. The number of allylic oxidation sites excluding steroid dienone is 4. The molecule has 0 bridgehead atoms. The topological polar surface area (TPSA) is 0 Å². The standard InChI is InChI=1S/C20H32/c1-14(2)15-7-9-17-16(13-15)8-10-18-19(3,4)11-6-12-20(17,18)5/h7,14,18H,6,8-13H2,1-5H3/t18-,20+/m1/s1. The summed E-state index contributed by atoms with van der Waals surface area (Å²) in [5, 5.41) is 0. The smallest absolute Gasteiger partial charge is 0.00770 e. The fourth-order valence-electron chi connectivity index (χ4n) is 5.63. The van der Waals surface area contributed by atoms with Crippen LogP contribution in [0.2, 0.25) is 0 Å². The minimum atomic E-state index is 0.508. The van der Waals surface area contributed by atoms with E-state index in [9.17, 15) is 0 Å². The van der Waals surface area contributed by atoms with Crippen LogP contribution in [-0.4, -0.2) is 0 Å². The average Bonchev–Trinajstić information content (AvgIpc) is 2.37. The molecule has 0 amide bonds. The van der Waals surface area contributed by atoms with Gasteiger partial charge in [0.15, 0.2) is 0 Å². The van der Waals surface area contributed by atoms with Gasteiger partial charge in [-0.2, -0.15) is 0 Å². The molecule has 0 radical (unpaired) electrons. The Balaban J connectivity index is 1.93. The third-order valence-electron chi connectivity index (χ3n) is 6.81. The number of rotatable bonds is 1. The summed E-state index contributed by atoms with van der Waals surface area (Å²) in [6, 6.07) is 0. The van der Waals surface area contributed by atoms with Crippen molar-refractivity contribution in [2.75, 3.05) is 0 Å². The minimum absolute atomic E-state index is 0.508. The van der Waals surface area contributed by atoms with Gasteiger partial charge in [-0.15, -0.1) is 0 Å². The number of hydrogen-bond acceptors (Lipinski definition) is 0. The highest BCUT2D eigenvalue weighted by Crippen LogP contribution is 2.61.